The van der Waals surface area contributed by atoms with Crippen LogP contribution in [-0.2, 0) is 16.8 Å². The minimum absolute atomic E-state index is 0.120. The largest absolute Gasteiger partial charge is 0.399 e. The van der Waals surface area contributed by atoms with Crippen molar-refractivity contribution < 1.29 is 8.42 Å². The van der Waals surface area contributed by atoms with Crippen molar-refractivity contribution in [3.8, 4) is 0 Å². The van der Waals surface area contributed by atoms with Crippen molar-refractivity contribution in [1.82, 2.24) is 9.03 Å². The molecule has 0 unspecified atom stereocenters. The molecule has 0 saturated carbocycles. The van der Waals surface area contributed by atoms with Gasteiger partial charge in [0.15, 0.2) is 0 Å². The van der Waals surface area contributed by atoms with Crippen LogP contribution in [0, 0.1) is 0 Å². The molecular formula is C13H23N3O2S. The molecule has 108 valence electrons. The highest BCUT2D eigenvalue weighted by atomic mass is 32.2. The quantitative estimate of drug-likeness (QED) is 0.749. The van der Waals surface area contributed by atoms with Crippen molar-refractivity contribution in [1.29, 1.82) is 0 Å². The van der Waals surface area contributed by atoms with E-state index in [9.17, 15) is 8.42 Å². The van der Waals surface area contributed by atoms with Crippen molar-refractivity contribution in [3.63, 3.8) is 0 Å². The van der Waals surface area contributed by atoms with Crippen LogP contribution in [0.2, 0.25) is 0 Å². The molecule has 1 aromatic carbocycles. The van der Waals surface area contributed by atoms with Gasteiger partial charge in [0, 0.05) is 24.8 Å². The van der Waals surface area contributed by atoms with Gasteiger partial charge in [-0.25, -0.2) is 0 Å². The van der Waals surface area contributed by atoms with Crippen molar-refractivity contribution in [3.05, 3.63) is 29.8 Å². The lowest BCUT2D eigenvalue weighted by atomic mass is 10.2. The maximum absolute atomic E-state index is 12.2. The Bertz CT molecular complexity index is 500. The van der Waals surface area contributed by atoms with Crippen LogP contribution in [0.15, 0.2) is 24.3 Å². The van der Waals surface area contributed by atoms with Crippen LogP contribution in [0.25, 0.3) is 0 Å². The van der Waals surface area contributed by atoms with Crippen LogP contribution in [0.5, 0.6) is 0 Å². The molecule has 0 radical (unpaired) electrons. The maximum atomic E-state index is 12.2. The van der Waals surface area contributed by atoms with E-state index in [1.54, 1.807) is 12.1 Å². The summed E-state index contributed by atoms with van der Waals surface area (Å²) in [6.45, 7) is 6.39. The van der Waals surface area contributed by atoms with Crippen LogP contribution in [0.3, 0.4) is 0 Å². The molecule has 1 rings (SSSR count). The molecule has 3 N–H and O–H groups in total. The smallest absolute Gasteiger partial charge is 0.279 e. The van der Waals surface area contributed by atoms with Gasteiger partial charge < -0.3 is 5.73 Å². The highest BCUT2D eigenvalue weighted by molar-refractivity contribution is 7.87. The topological polar surface area (TPSA) is 75.4 Å². The molecule has 0 heterocycles. The molecule has 0 amide bonds. The summed E-state index contributed by atoms with van der Waals surface area (Å²) in [6, 6.07) is 7.17. The van der Waals surface area contributed by atoms with Gasteiger partial charge in [0.05, 0.1) is 0 Å². The minimum Gasteiger partial charge on any atom is -0.399 e. The fourth-order valence-electron chi connectivity index (χ4n) is 1.80. The van der Waals surface area contributed by atoms with Gasteiger partial charge in [-0.1, -0.05) is 19.1 Å². The van der Waals surface area contributed by atoms with E-state index < -0.39 is 10.2 Å². The Labute approximate surface area is 116 Å². The third-order valence-corrected chi connectivity index (χ3v) is 4.27. The number of nitrogens with zero attached hydrogens (tertiary/aromatic N) is 1. The number of rotatable bonds is 7. The van der Waals surface area contributed by atoms with Crippen molar-refractivity contribution in [2.24, 2.45) is 0 Å². The van der Waals surface area contributed by atoms with E-state index in [0.717, 1.165) is 12.0 Å². The third-order valence-electron chi connectivity index (χ3n) is 2.51. The van der Waals surface area contributed by atoms with Gasteiger partial charge in [-0.05, 0) is 38.0 Å². The molecule has 0 aliphatic carbocycles. The predicted octanol–water partition coefficient (Wildman–Crippen LogP) is 1.72. The van der Waals surface area contributed by atoms with Gasteiger partial charge in [0.1, 0.15) is 0 Å². The number of nitrogen functional groups attached to an aromatic ring is 1. The van der Waals surface area contributed by atoms with Crippen molar-refractivity contribution >= 4 is 15.9 Å². The first-order chi connectivity index (χ1) is 8.85. The van der Waals surface area contributed by atoms with E-state index in [1.807, 2.05) is 32.9 Å². The summed E-state index contributed by atoms with van der Waals surface area (Å²) in [5.41, 5.74) is 7.25. The predicted molar refractivity (Wildman–Crippen MR) is 78.7 cm³/mol. The second kappa shape index (κ2) is 6.88. The van der Waals surface area contributed by atoms with Crippen molar-refractivity contribution in [2.45, 2.75) is 39.8 Å². The highest BCUT2D eigenvalue weighted by Crippen LogP contribution is 2.12. The van der Waals surface area contributed by atoms with Gasteiger partial charge in [0.25, 0.3) is 10.2 Å². The Morgan fingerprint density at radius 2 is 2.05 bits per heavy atom. The normalized spacial score (nSPS) is 12.3. The first-order valence-electron chi connectivity index (χ1n) is 6.47. The molecule has 5 nitrogen and oxygen atoms in total. The number of hydrogen-bond donors (Lipinski definition) is 2. The number of nitrogens with one attached hydrogen (secondary N) is 1. The van der Waals surface area contributed by atoms with Gasteiger partial charge in [-0.15, -0.1) is 0 Å². The molecule has 0 bridgehead atoms. The molecule has 0 atom stereocenters. The molecule has 1 aromatic rings. The summed E-state index contributed by atoms with van der Waals surface area (Å²) in [5, 5.41) is 0. The minimum atomic E-state index is -3.45. The van der Waals surface area contributed by atoms with Gasteiger partial charge in [-0.2, -0.15) is 17.4 Å². The van der Waals surface area contributed by atoms with E-state index in [0.29, 0.717) is 18.8 Å². The van der Waals surface area contributed by atoms with Gasteiger partial charge >= 0.3 is 0 Å². The summed E-state index contributed by atoms with van der Waals surface area (Å²) in [4.78, 5) is 0. The summed E-state index contributed by atoms with van der Waals surface area (Å²) in [7, 11) is -3.45. The summed E-state index contributed by atoms with van der Waals surface area (Å²) in [5.74, 6) is 0. The summed E-state index contributed by atoms with van der Waals surface area (Å²) in [6.07, 6.45) is 0.765. The van der Waals surface area contributed by atoms with E-state index in [2.05, 4.69) is 4.72 Å². The van der Waals surface area contributed by atoms with Crippen molar-refractivity contribution in [2.75, 3.05) is 12.3 Å². The molecule has 0 aromatic heterocycles. The second-order valence-corrected chi connectivity index (χ2v) is 6.56. The van der Waals surface area contributed by atoms with Gasteiger partial charge in [-0.3, -0.25) is 0 Å². The van der Waals surface area contributed by atoms with Crippen LogP contribution in [-0.4, -0.2) is 25.3 Å². The first kappa shape index (κ1) is 15.9. The Balaban J connectivity index is 2.89. The average molecular weight is 285 g/mol. The number of nitrogens with two attached hydrogens (primary N) is 1. The summed E-state index contributed by atoms with van der Waals surface area (Å²) < 4.78 is 28.5. The molecule has 0 spiro atoms. The SMILES string of the molecule is CCCN(Cc1cccc(N)c1)S(=O)(=O)NC(C)C. The Hall–Kier alpha value is -1.11. The monoisotopic (exact) mass is 285 g/mol. The van der Waals surface area contributed by atoms with Crippen LogP contribution in [0.4, 0.5) is 5.69 Å². The molecule has 0 saturated heterocycles. The van der Waals surface area contributed by atoms with Crippen LogP contribution in [0.1, 0.15) is 32.8 Å². The fourth-order valence-corrected chi connectivity index (χ4v) is 3.29. The molecule has 0 aliphatic rings. The second-order valence-electron chi connectivity index (χ2n) is 4.86. The van der Waals surface area contributed by atoms with E-state index >= 15 is 0 Å². The average Bonchev–Trinajstić information content (AvgIpc) is 2.26. The molecular weight excluding hydrogens is 262 g/mol. The zero-order chi connectivity index (χ0) is 14.5. The zero-order valence-corrected chi connectivity index (χ0v) is 12.6. The van der Waals surface area contributed by atoms with Crippen LogP contribution >= 0.6 is 0 Å². The number of benzene rings is 1. The Kier molecular flexibility index (Phi) is 5.78. The van der Waals surface area contributed by atoms with E-state index in [-0.39, 0.29) is 6.04 Å². The maximum Gasteiger partial charge on any atom is 0.279 e. The fraction of sp³-hybridized carbons (Fsp3) is 0.538. The molecule has 0 fully saturated rings. The van der Waals surface area contributed by atoms with Gasteiger partial charge in [0.2, 0.25) is 0 Å². The molecule has 0 aliphatic heterocycles. The lowest BCUT2D eigenvalue weighted by molar-refractivity contribution is 0.394. The number of anilines is 1. The molecule has 6 heteroatoms. The van der Waals surface area contributed by atoms with Crippen LogP contribution < -0.4 is 10.5 Å². The first-order valence-corrected chi connectivity index (χ1v) is 7.91. The summed E-state index contributed by atoms with van der Waals surface area (Å²) >= 11 is 0. The van der Waals surface area contributed by atoms with E-state index in [4.69, 9.17) is 5.73 Å². The van der Waals surface area contributed by atoms with E-state index in [1.165, 1.54) is 4.31 Å². The highest BCUT2D eigenvalue weighted by Gasteiger charge is 2.22. The Morgan fingerprint density at radius 1 is 1.37 bits per heavy atom. The zero-order valence-electron chi connectivity index (χ0n) is 11.8. The molecule has 19 heavy (non-hydrogen) atoms. The lowest BCUT2D eigenvalue weighted by Crippen LogP contribution is -2.43. The number of hydrogen-bond acceptors (Lipinski definition) is 3. The Morgan fingerprint density at radius 3 is 2.58 bits per heavy atom. The lowest BCUT2D eigenvalue weighted by Gasteiger charge is -2.23. The third kappa shape index (κ3) is 5.18. The standard InChI is InChI=1S/C13H23N3O2S/c1-4-8-16(19(17,18)15-11(2)3)10-12-6-5-7-13(14)9-12/h5-7,9,11,15H,4,8,10,14H2,1-3H3.